The molecule has 0 aliphatic rings. The Morgan fingerprint density at radius 2 is 2.21 bits per heavy atom. The summed E-state index contributed by atoms with van der Waals surface area (Å²) in [6.07, 6.45) is 0.746. The molecule has 0 heterocycles. The van der Waals surface area contributed by atoms with E-state index in [2.05, 4.69) is 15.9 Å². The van der Waals surface area contributed by atoms with Gasteiger partial charge in [-0.1, -0.05) is 34.5 Å². The molecule has 1 aromatic carbocycles. The molecule has 1 atom stereocenters. The zero-order chi connectivity index (χ0) is 10.7. The second kappa shape index (κ2) is 5.10. The molecule has 1 unspecified atom stereocenters. The van der Waals surface area contributed by atoms with Gasteiger partial charge >= 0.3 is 0 Å². The molecule has 0 aliphatic carbocycles. The quantitative estimate of drug-likeness (QED) is 0.840. The lowest BCUT2D eigenvalue weighted by atomic mass is 9.97. The molecule has 1 rings (SSSR count). The highest BCUT2D eigenvalue weighted by molar-refractivity contribution is 9.10. The van der Waals surface area contributed by atoms with E-state index in [4.69, 9.17) is 17.3 Å². The highest BCUT2D eigenvalue weighted by atomic mass is 79.9. The van der Waals surface area contributed by atoms with Crippen molar-refractivity contribution >= 4 is 27.5 Å². The molecule has 0 saturated heterocycles. The number of hydrogen-bond acceptors (Lipinski definition) is 1. The van der Waals surface area contributed by atoms with Crippen LogP contribution in [0.2, 0.25) is 5.02 Å². The minimum atomic E-state index is -0.345. The van der Waals surface area contributed by atoms with Crippen LogP contribution >= 0.6 is 27.5 Å². The van der Waals surface area contributed by atoms with E-state index in [-0.39, 0.29) is 16.8 Å². The number of benzene rings is 1. The van der Waals surface area contributed by atoms with Gasteiger partial charge in [-0.05, 0) is 31.0 Å². The fraction of sp³-hybridized carbons (Fsp3) is 0.400. The van der Waals surface area contributed by atoms with Gasteiger partial charge in [0.25, 0.3) is 0 Å². The summed E-state index contributed by atoms with van der Waals surface area (Å²) in [4.78, 5) is 0. The molecular weight excluding hydrogens is 268 g/mol. The first-order valence-corrected chi connectivity index (χ1v) is 5.58. The first-order chi connectivity index (χ1) is 6.57. The van der Waals surface area contributed by atoms with Crippen LogP contribution in [0.3, 0.4) is 0 Å². The third-order valence-electron chi connectivity index (χ3n) is 2.17. The third-order valence-corrected chi connectivity index (χ3v) is 3.16. The van der Waals surface area contributed by atoms with Crippen LogP contribution in [-0.2, 0) is 0 Å². The largest absolute Gasteiger partial charge is 0.330 e. The number of rotatable bonds is 3. The predicted octanol–water partition coefficient (Wildman–Crippen LogP) is 3.69. The Labute approximate surface area is 96.6 Å². The van der Waals surface area contributed by atoms with Crippen molar-refractivity contribution in [3.63, 3.8) is 0 Å². The summed E-state index contributed by atoms with van der Waals surface area (Å²) in [7, 11) is 0. The maximum atomic E-state index is 13.6. The molecule has 1 nitrogen and oxygen atoms in total. The molecule has 0 amide bonds. The van der Waals surface area contributed by atoms with Gasteiger partial charge in [-0.3, -0.25) is 0 Å². The van der Waals surface area contributed by atoms with Crippen molar-refractivity contribution in [3.8, 4) is 0 Å². The fourth-order valence-electron chi connectivity index (χ4n) is 1.39. The minimum absolute atomic E-state index is 0.0769. The third kappa shape index (κ3) is 2.47. The van der Waals surface area contributed by atoms with Crippen molar-refractivity contribution in [2.75, 3.05) is 6.54 Å². The molecule has 0 fully saturated rings. The molecule has 2 N–H and O–H groups in total. The van der Waals surface area contributed by atoms with Gasteiger partial charge in [-0.15, -0.1) is 0 Å². The Morgan fingerprint density at radius 1 is 1.57 bits per heavy atom. The van der Waals surface area contributed by atoms with Gasteiger partial charge in [0, 0.05) is 10.0 Å². The lowest BCUT2D eigenvalue weighted by molar-refractivity contribution is 0.575. The Morgan fingerprint density at radius 3 is 2.79 bits per heavy atom. The van der Waals surface area contributed by atoms with Crippen LogP contribution in [0.1, 0.15) is 24.8 Å². The first kappa shape index (κ1) is 12.0. The molecule has 4 heteroatoms. The molecular formula is C10H12BrClFN. The second-order valence-corrected chi connectivity index (χ2v) is 4.50. The van der Waals surface area contributed by atoms with Crippen molar-refractivity contribution in [1.82, 2.24) is 0 Å². The van der Waals surface area contributed by atoms with E-state index in [9.17, 15) is 4.39 Å². The van der Waals surface area contributed by atoms with Crippen molar-refractivity contribution in [3.05, 3.63) is 33.0 Å². The van der Waals surface area contributed by atoms with E-state index in [1.165, 1.54) is 0 Å². The smallest absolute Gasteiger partial charge is 0.146 e. The maximum absolute atomic E-state index is 13.6. The predicted molar refractivity (Wildman–Crippen MR) is 61.2 cm³/mol. The second-order valence-electron chi connectivity index (χ2n) is 3.24. The molecule has 0 aromatic heterocycles. The summed E-state index contributed by atoms with van der Waals surface area (Å²) in [5, 5.41) is 0.159. The van der Waals surface area contributed by atoms with Gasteiger partial charge < -0.3 is 5.73 Å². The average molecular weight is 281 g/mol. The van der Waals surface area contributed by atoms with E-state index in [1.54, 1.807) is 12.1 Å². The van der Waals surface area contributed by atoms with Crippen LogP contribution in [0.25, 0.3) is 0 Å². The van der Waals surface area contributed by atoms with Crippen LogP contribution in [0, 0.1) is 5.82 Å². The maximum Gasteiger partial charge on any atom is 0.146 e. The van der Waals surface area contributed by atoms with Gasteiger partial charge in [0.05, 0.1) is 5.02 Å². The Balaban J connectivity index is 3.11. The van der Waals surface area contributed by atoms with Gasteiger partial charge in [-0.25, -0.2) is 4.39 Å². The summed E-state index contributed by atoms with van der Waals surface area (Å²) in [6.45, 7) is 2.48. The number of nitrogens with two attached hydrogens (primary N) is 1. The van der Waals surface area contributed by atoms with Crippen LogP contribution in [0.15, 0.2) is 16.6 Å². The van der Waals surface area contributed by atoms with E-state index in [0.29, 0.717) is 12.1 Å². The summed E-state index contributed by atoms with van der Waals surface area (Å²) in [5.41, 5.74) is 6.05. The first-order valence-electron chi connectivity index (χ1n) is 4.41. The van der Waals surface area contributed by atoms with Crippen molar-refractivity contribution in [2.24, 2.45) is 5.73 Å². The van der Waals surface area contributed by atoms with Crippen LogP contribution in [0.4, 0.5) is 4.39 Å². The zero-order valence-corrected chi connectivity index (χ0v) is 10.2. The number of hydrogen-bond donors (Lipinski definition) is 1. The normalized spacial score (nSPS) is 12.9. The summed E-state index contributed by atoms with van der Waals surface area (Å²) in [6, 6.07) is 3.30. The molecule has 0 spiro atoms. The van der Waals surface area contributed by atoms with Gasteiger partial charge in [-0.2, -0.15) is 0 Å². The Hall–Kier alpha value is -0.120. The van der Waals surface area contributed by atoms with Gasteiger partial charge in [0.2, 0.25) is 0 Å². The standard InChI is InChI=1S/C10H12BrClFN/c1-6(4-5-14)9-7(11)2-3-8(12)10(9)13/h2-3,6H,4-5,14H2,1H3. The summed E-state index contributed by atoms with van der Waals surface area (Å²) in [5.74, 6) is -0.268. The SMILES string of the molecule is CC(CCN)c1c(Br)ccc(Cl)c1F. The lowest BCUT2D eigenvalue weighted by Gasteiger charge is -2.14. The van der Waals surface area contributed by atoms with Crippen LogP contribution in [0.5, 0.6) is 0 Å². The molecule has 1 aromatic rings. The molecule has 0 aliphatic heterocycles. The van der Waals surface area contributed by atoms with E-state index in [0.717, 1.165) is 10.9 Å². The van der Waals surface area contributed by atoms with Crippen molar-refractivity contribution in [2.45, 2.75) is 19.3 Å². The molecule has 14 heavy (non-hydrogen) atoms. The summed E-state index contributed by atoms with van der Waals surface area (Å²) < 4.78 is 14.4. The zero-order valence-electron chi connectivity index (χ0n) is 7.86. The molecule has 0 bridgehead atoms. The number of halogens is 3. The molecule has 0 saturated carbocycles. The van der Waals surface area contributed by atoms with E-state index in [1.807, 2.05) is 6.92 Å². The van der Waals surface area contributed by atoms with Crippen LogP contribution < -0.4 is 5.73 Å². The van der Waals surface area contributed by atoms with Crippen LogP contribution in [-0.4, -0.2) is 6.54 Å². The van der Waals surface area contributed by atoms with E-state index >= 15 is 0 Å². The monoisotopic (exact) mass is 279 g/mol. The summed E-state index contributed by atoms with van der Waals surface area (Å²) >= 11 is 9.02. The molecule has 0 radical (unpaired) electrons. The lowest BCUT2D eigenvalue weighted by Crippen LogP contribution is -2.07. The minimum Gasteiger partial charge on any atom is -0.330 e. The molecule has 78 valence electrons. The Kier molecular flexibility index (Phi) is 4.35. The highest BCUT2D eigenvalue weighted by Gasteiger charge is 2.16. The van der Waals surface area contributed by atoms with Crippen molar-refractivity contribution in [1.29, 1.82) is 0 Å². The highest BCUT2D eigenvalue weighted by Crippen LogP contribution is 2.32. The fourth-order valence-corrected chi connectivity index (χ4v) is 2.25. The average Bonchev–Trinajstić information content (AvgIpc) is 2.13. The van der Waals surface area contributed by atoms with E-state index < -0.39 is 0 Å². The van der Waals surface area contributed by atoms with Crippen molar-refractivity contribution < 1.29 is 4.39 Å². The van der Waals surface area contributed by atoms with Gasteiger partial charge in [0.1, 0.15) is 5.82 Å². The topological polar surface area (TPSA) is 26.0 Å². The Bertz CT molecular complexity index is 330. The van der Waals surface area contributed by atoms with Gasteiger partial charge in [0.15, 0.2) is 0 Å².